The quantitative estimate of drug-likeness (QED) is 0.352. The first-order chi connectivity index (χ1) is 14.9. The second kappa shape index (κ2) is 12.8. The molecule has 0 aromatic carbocycles. The molecule has 184 valence electrons. The molecule has 0 aromatic heterocycles. The second-order valence-electron chi connectivity index (χ2n) is 9.50. The number of carboxylic acids is 1. The van der Waals surface area contributed by atoms with Crippen LogP contribution in [0.4, 0.5) is 0 Å². The van der Waals surface area contributed by atoms with Crippen molar-refractivity contribution in [2.45, 2.75) is 97.8 Å². The zero-order chi connectivity index (χ0) is 24.6. The summed E-state index contributed by atoms with van der Waals surface area (Å²) in [5.74, 6) is -2.36. The van der Waals surface area contributed by atoms with Crippen LogP contribution >= 0.6 is 0 Å². The van der Waals surface area contributed by atoms with Gasteiger partial charge in [-0.3, -0.25) is 14.4 Å². The van der Waals surface area contributed by atoms with Crippen molar-refractivity contribution in [1.82, 2.24) is 15.5 Å². The van der Waals surface area contributed by atoms with E-state index >= 15 is 0 Å². The fourth-order valence-corrected chi connectivity index (χ4v) is 3.89. The minimum atomic E-state index is -1.03. The van der Waals surface area contributed by atoms with Gasteiger partial charge in [0.2, 0.25) is 17.7 Å². The molecule has 1 aliphatic rings. The van der Waals surface area contributed by atoms with Gasteiger partial charge in [0, 0.05) is 6.54 Å². The average Bonchev–Trinajstić information content (AvgIpc) is 3.24. The Morgan fingerprint density at radius 1 is 1.00 bits per heavy atom. The number of nitrogens with two attached hydrogens (primary N) is 1. The van der Waals surface area contributed by atoms with Gasteiger partial charge in [-0.15, -0.1) is 0 Å². The number of nitrogens with one attached hydrogen (secondary N) is 2. The van der Waals surface area contributed by atoms with Gasteiger partial charge in [0.05, 0.1) is 6.04 Å². The van der Waals surface area contributed by atoms with E-state index in [0.29, 0.717) is 32.2 Å². The minimum Gasteiger partial charge on any atom is -0.480 e. The van der Waals surface area contributed by atoms with Gasteiger partial charge in [-0.2, -0.15) is 0 Å². The first-order valence-corrected chi connectivity index (χ1v) is 11.8. The fraction of sp³-hybridized carbons (Fsp3) is 0.826. The van der Waals surface area contributed by atoms with Crippen molar-refractivity contribution >= 4 is 23.7 Å². The maximum atomic E-state index is 13.2. The highest BCUT2D eigenvalue weighted by Crippen LogP contribution is 2.21. The van der Waals surface area contributed by atoms with Crippen molar-refractivity contribution < 1.29 is 24.3 Å². The van der Waals surface area contributed by atoms with E-state index in [4.69, 9.17) is 5.73 Å². The standard InChI is InChI=1S/C23H42N4O5/c1-7-14(5)18(24)21(29)25-16(12-13(3)4)20(28)26-19(15(6)8-2)22(30)27-11-9-10-17(27)23(31)32/h13-19H,7-12,24H2,1-6H3,(H,25,29)(H,26,28)(H,31,32). The number of rotatable bonds is 12. The van der Waals surface area contributed by atoms with Crippen molar-refractivity contribution in [2.24, 2.45) is 23.5 Å². The van der Waals surface area contributed by atoms with Gasteiger partial charge in [-0.1, -0.05) is 54.4 Å². The third-order valence-corrected chi connectivity index (χ3v) is 6.50. The lowest BCUT2D eigenvalue weighted by Crippen LogP contribution is -2.59. The normalized spacial score (nSPS) is 20.9. The van der Waals surface area contributed by atoms with Gasteiger partial charge in [0.15, 0.2) is 0 Å². The van der Waals surface area contributed by atoms with Crippen LogP contribution in [0, 0.1) is 17.8 Å². The Kier molecular flexibility index (Phi) is 11.1. The number of likely N-dealkylation sites (tertiary alicyclic amines) is 1. The molecule has 1 saturated heterocycles. The molecular weight excluding hydrogens is 412 g/mol. The van der Waals surface area contributed by atoms with Gasteiger partial charge in [-0.25, -0.2) is 4.79 Å². The molecule has 0 aliphatic carbocycles. The Balaban J connectivity index is 3.04. The highest BCUT2D eigenvalue weighted by Gasteiger charge is 2.40. The summed E-state index contributed by atoms with van der Waals surface area (Å²) in [4.78, 5) is 52.0. The lowest BCUT2D eigenvalue weighted by atomic mass is 9.95. The molecule has 6 atom stereocenters. The number of nitrogens with zero attached hydrogens (tertiary/aromatic N) is 1. The molecule has 5 N–H and O–H groups in total. The van der Waals surface area contributed by atoms with Crippen molar-refractivity contribution in [1.29, 1.82) is 0 Å². The Labute approximate surface area is 191 Å². The largest absolute Gasteiger partial charge is 0.480 e. The van der Waals surface area contributed by atoms with Gasteiger partial charge in [-0.05, 0) is 37.0 Å². The highest BCUT2D eigenvalue weighted by atomic mass is 16.4. The SMILES string of the molecule is CCC(C)C(N)C(=O)NC(CC(C)C)C(=O)NC(C(=O)N1CCCC1C(=O)O)C(C)CC. The van der Waals surface area contributed by atoms with Gasteiger partial charge in [0.1, 0.15) is 18.1 Å². The monoisotopic (exact) mass is 454 g/mol. The summed E-state index contributed by atoms with van der Waals surface area (Å²) in [7, 11) is 0. The lowest BCUT2D eigenvalue weighted by Gasteiger charge is -2.32. The van der Waals surface area contributed by atoms with Crippen molar-refractivity contribution in [3.8, 4) is 0 Å². The molecule has 3 amide bonds. The zero-order valence-electron chi connectivity index (χ0n) is 20.4. The summed E-state index contributed by atoms with van der Waals surface area (Å²) in [6.07, 6.45) is 2.78. The number of hydrogen-bond acceptors (Lipinski definition) is 5. The molecule has 1 heterocycles. The van der Waals surface area contributed by atoms with E-state index in [1.54, 1.807) is 0 Å². The molecule has 9 heteroatoms. The Bertz CT molecular complexity index is 669. The lowest BCUT2D eigenvalue weighted by molar-refractivity contribution is -0.150. The maximum Gasteiger partial charge on any atom is 0.326 e. The van der Waals surface area contributed by atoms with Crippen LogP contribution in [0.1, 0.15) is 73.6 Å². The van der Waals surface area contributed by atoms with E-state index in [1.165, 1.54) is 4.90 Å². The first kappa shape index (κ1) is 27.9. The van der Waals surface area contributed by atoms with E-state index in [9.17, 15) is 24.3 Å². The summed E-state index contributed by atoms with van der Waals surface area (Å²) in [5, 5.41) is 15.0. The highest BCUT2D eigenvalue weighted by molar-refractivity contribution is 5.94. The third kappa shape index (κ3) is 7.46. The number of carbonyl (C=O) groups is 4. The summed E-state index contributed by atoms with van der Waals surface area (Å²) in [6.45, 7) is 11.8. The number of aliphatic carboxylic acids is 1. The van der Waals surface area contributed by atoms with Crippen molar-refractivity contribution in [3.63, 3.8) is 0 Å². The molecule has 0 aromatic rings. The van der Waals surface area contributed by atoms with E-state index in [-0.39, 0.29) is 23.7 Å². The van der Waals surface area contributed by atoms with Crippen LogP contribution in [0.15, 0.2) is 0 Å². The first-order valence-electron chi connectivity index (χ1n) is 11.8. The van der Waals surface area contributed by atoms with Crippen LogP contribution in [0.25, 0.3) is 0 Å². The predicted octanol–water partition coefficient (Wildman–Crippen LogP) is 1.50. The van der Waals surface area contributed by atoms with E-state index in [2.05, 4.69) is 10.6 Å². The molecule has 0 radical (unpaired) electrons. The maximum absolute atomic E-state index is 13.2. The molecule has 0 saturated carbocycles. The molecule has 0 bridgehead atoms. The Morgan fingerprint density at radius 3 is 2.09 bits per heavy atom. The van der Waals surface area contributed by atoms with Crippen molar-refractivity contribution in [3.05, 3.63) is 0 Å². The molecule has 1 fully saturated rings. The molecule has 1 aliphatic heterocycles. The average molecular weight is 455 g/mol. The van der Waals surface area contributed by atoms with Crippen molar-refractivity contribution in [2.75, 3.05) is 6.54 Å². The van der Waals surface area contributed by atoms with Crippen LogP contribution in [0.2, 0.25) is 0 Å². The minimum absolute atomic E-state index is 0.0321. The van der Waals surface area contributed by atoms with Crippen LogP contribution in [0.3, 0.4) is 0 Å². The number of amides is 3. The fourth-order valence-electron chi connectivity index (χ4n) is 3.89. The number of carbonyl (C=O) groups excluding carboxylic acids is 3. The number of carboxylic acid groups (broad SMARTS) is 1. The summed E-state index contributed by atoms with van der Waals surface area (Å²) >= 11 is 0. The third-order valence-electron chi connectivity index (χ3n) is 6.50. The summed E-state index contributed by atoms with van der Waals surface area (Å²) in [5.41, 5.74) is 6.04. The van der Waals surface area contributed by atoms with Crippen LogP contribution in [-0.2, 0) is 19.2 Å². The van der Waals surface area contributed by atoms with Crippen LogP contribution < -0.4 is 16.4 Å². The molecular formula is C23H42N4O5. The second-order valence-corrected chi connectivity index (χ2v) is 9.50. The predicted molar refractivity (Wildman–Crippen MR) is 123 cm³/mol. The van der Waals surface area contributed by atoms with Crippen LogP contribution in [0.5, 0.6) is 0 Å². The molecule has 0 spiro atoms. The van der Waals surface area contributed by atoms with E-state index in [0.717, 1.165) is 6.42 Å². The Morgan fingerprint density at radius 2 is 1.59 bits per heavy atom. The van der Waals surface area contributed by atoms with E-state index < -0.39 is 42.0 Å². The molecule has 9 nitrogen and oxygen atoms in total. The topological polar surface area (TPSA) is 142 Å². The van der Waals surface area contributed by atoms with Crippen LogP contribution in [-0.4, -0.2) is 64.4 Å². The molecule has 32 heavy (non-hydrogen) atoms. The molecule has 6 unspecified atom stereocenters. The summed E-state index contributed by atoms with van der Waals surface area (Å²) < 4.78 is 0. The molecule has 1 rings (SSSR count). The van der Waals surface area contributed by atoms with Gasteiger partial charge < -0.3 is 26.4 Å². The smallest absolute Gasteiger partial charge is 0.326 e. The van der Waals surface area contributed by atoms with E-state index in [1.807, 2.05) is 41.5 Å². The van der Waals surface area contributed by atoms with Gasteiger partial charge in [0.25, 0.3) is 0 Å². The summed E-state index contributed by atoms with van der Waals surface area (Å²) in [6, 6.07) is -3.28. The van der Waals surface area contributed by atoms with Gasteiger partial charge >= 0.3 is 5.97 Å². The zero-order valence-corrected chi connectivity index (χ0v) is 20.4. The Hall–Kier alpha value is -2.16. The number of hydrogen-bond donors (Lipinski definition) is 4.